The first-order chi connectivity index (χ1) is 31.2. The van der Waals surface area contributed by atoms with Crippen molar-refractivity contribution in [3.05, 3.63) is 107 Å². The van der Waals surface area contributed by atoms with Gasteiger partial charge in [0.2, 0.25) is 11.4 Å². The predicted molar refractivity (Wildman–Crippen MR) is 261 cm³/mol. The first kappa shape index (κ1) is 40.7. The van der Waals surface area contributed by atoms with Gasteiger partial charge in [0.15, 0.2) is 11.5 Å². The van der Waals surface area contributed by atoms with Gasteiger partial charge in [-0.15, -0.1) is 0 Å². The largest absolute Gasteiger partial charge is 0.496 e. The third kappa shape index (κ3) is 5.95. The van der Waals surface area contributed by atoms with Crippen LogP contribution < -0.4 is 19.1 Å². The van der Waals surface area contributed by atoms with E-state index in [1.165, 1.54) is 122 Å². The SMILES string of the molecule is CC[n+]1c2cc(OC)cc1-c1ccccc1-c1cc(C(C)(C)C)cc(C34CC5CC6C(C3)CC6(C5)C4)c1OOc1c(cc(C(C)(C)C)cc1C13CC4CC(CC(C4)C1)C3)-c1ccccc1-2. The zero-order valence-electron chi connectivity index (χ0n) is 40.4. The van der Waals surface area contributed by atoms with E-state index in [0.29, 0.717) is 5.41 Å². The molecule has 336 valence electrons. The summed E-state index contributed by atoms with van der Waals surface area (Å²) in [5.41, 5.74) is 15.4. The van der Waals surface area contributed by atoms with Crippen LogP contribution in [-0.2, 0) is 28.2 Å². The second kappa shape index (κ2) is 13.8. The molecule has 5 unspecified atom stereocenters. The van der Waals surface area contributed by atoms with Gasteiger partial charge < -0.3 is 4.74 Å². The van der Waals surface area contributed by atoms with E-state index in [2.05, 4.69) is 138 Å². The van der Waals surface area contributed by atoms with Crippen molar-refractivity contribution in [3.63, 3.8) is 0 Å². The maximum atomic E-state index is 7.59. The normalized spacial score (nSPS) is 32.1. The van der Waals surface area contributed by atoms with Crippen molar-refractivity contribution in [2.45, 2.75) is 154 Å². The maximum Gasteiger partial charge on any atom is 0.217 e. The zero-order valence-corrected chi connectivity index (χ0v) is 40.4. The number of rotatable bonds is 4. The van der Waals surface area contributed by atoms with Gasteiger partial charge in [-0.05, 0) is 188 Å². The van der Waals surface area contributed by atoms with E-state index in [-0.39, 0.29) is 21.7 Å². The molecule has 15 rings (SSSR count). The molecule has 5 atom stereocenters. The highest BCUT2D eigenvalue weighted by atomic mass is 17.2. The summed E-state index contributed by atoms with van der Waals surface area (Å²) in [6.07, 6.45) is 16.1. The number of nitrogens with zero attached hydrogens (tertiary/aromatic N) is 1. The Morgan fingerprint density at radius 3 is 1.54 bits per heavy atom. The van der Waals surface area contributed by atoms with E-state index in [1.807, 2.05) is 7.11 Å². The fourth-order valence-corrected chi connectivity index (χ4v) is 17.2. The lowest BCUT2D eigenvalue weighted by Crippen LogP contribution is -2.57. The molecule has 9 saturated carbocycles. The number of ether oxygens (including phenoxy) is 1. The highest BCUT2D eigenvalue weighted by Gasteiger charge is 2.70. The molecule has 2 heterocycles. The van der Waals surface area contributed by atoms with E-state index in [4.69, 9.17) is 14.5 Å². The van der Waals surface area contributed by atoms with E-state index in [0.717, 1.165) is 81.8 Å². The van der Waals surface area contributed by atoms with Gasteiger partial charge in [-0.2, -0.15) is 4.57 Å². The van der Waals surface area contributed by atoms with Gasteiger partial charge >= 0.3 is 0 Å². The quantitative estimate of drug-likeness (QED) is 0.133. The van der Waals surface area contributed by atoms with Crippen LogP contribution in [-0.4, -0.2) is 7.11 Å². The van der Waals surface area contributed by atoms with Crippen molar-refractivity contribution in [1.82, 2.24) is 0 Å². The fraction of sp³-hybridized carbons (Fsp3) is 0.525. The first-order valence-corrected chi connectivity index (χ1v) is 25.7. The Balaban J connectivity index is 1.15. The van der Waals surface area contributed by atoms with Gasteiger partial charge in [0.05, 0.1) is 30.4 Å². The molecular formula is C61H70NO3+. The predicted octanol–water partition coefficient (Wildman–Crippen LogP) is 14.9. The Hall–Kier alpha value is -4.57. The van der Waals surface area contributed by atoms with Crippen LogP contribution in [0.15, 0.2) is 84.9 Å². The van der Waals surface area contributed by atoms with Crippen molar-refractivity contribution in [2.24, 2.45) is 40.9 Å². The number of hydrogen-bond donors (Lipinski definition) is 0. The van der Waals surface area contributed by atoms with Crippen molar-refractivity contribution < 1.29 is 19.1 Å². The van der Waals surface area contributed by atoms with Gasteiger partial charge in [-0.3, -0.25) is 9.78 Å². The summed E-state index contributed by atoms with van der Waals surface area (Å²) in [6, 6.07) is 32.9. The minimum atomic E-state index is -0.0706. The Kier molecular flexibility index (Phi) is 8.61. The molecule has 9 aliphatic carbocycles. The molecule has 1 aromatic heterocycles. The van der Waals surface area contributed by atoms with Gasteiger partial charge in [0.25, 0.3) is 0 Å². The molecule has 4 heteroatoms. The number of fused-ring (bicyclic) bond motifs is 11. The standard InChI is InChI=1S/C61H70NO3/c1-9-62-53-26-43(63-8)27-54(62)47-17-13-11-15-45(47)49-23-42(58(5,6)7)25-52(61-32-39-21-50-40(34-61)33-60(50,31-39)35-61)56(49)65-64-55-48(44-14-10-12-16-46(44)53)22-41(57(2,3)4)24-51(55)59-28-36-18-37(29-59)20-38(19-36)30-59/h10-17,22-27,36-40,50H,9,18-21,28-35H2,1-8H3/q+1. The third-order valence-corrected chi connectivity index (χ3v) is 19.3. The number of hydrogen-bond acceptors (Lipinski definition) is 3. The molecule has 0 saturated heterocycles. The smallest absolute Gasteiger partial charge is 0.217 e. The Morgan fingerprint density at radius 2 is 1.05 bits per heavy atom. The summed E-state index contributed by atoms with van der Waals surface area (Å²) in [5, 5.41) is 0. The van der Waals surface area contributed by atoms with Gasteiger partial charge in [0.1, 0.15) is 12.3 Å². The summed E-state index contributed by atoms with van der Waals surface area (Å²) in [6.45, 7) is 17.5. The monoisotopic (exact) mass is 865 g/mol. The molecule has 10 aliphatic rings. The molecule has 0 radical (unpaired) electrons. The topological polar surface area (TPSA) is 31.6 Å². The Labute approximate surface area is 388 Å². The Bertz CT molecular complexity index is 2760. The highest BCUT2D eigenvalue weighted by Crippen LogP contribution is 2.78. The molecule has 9 fully saturated rings. The minimum Gasteiger partial charge on any atom is -0.496 e. The van der Waals surface area contributed by atoms with Crippen LogP contribution in [0.4, 0.5) is 0 Å². The molecule has 5 aromatic rings. The number of methoxy groups -OCH3 is 1. The van der Waals surface area contributed by atoms with Crippen LogP contribution in [0.3, 0.4) is 0 Å². The van der Waals surface area contributed by atoms with Crippen molar-refractivity contribution in [1.29, 1.82) is 0 Å². The van der Waals surface area contributed by atoms with Crippen LogP contribution in [0.1, 0.15) is 148 Å². The van der Waals surface area contributed by atoms with Crippen LogP contribution in [0, 0.1) is 40.9 Å². The number of aromatic nitrogens is 1. The summed E-state index contributed by atoms with van der Waals surface area (Å²) >= 11 is 0. The van der Waals surface area contributed by atoms with Gasteiger partial charge in [-0.25, -0.2) is 0 Å². The molecular weight excluding hydrogens is 795 g/mol. The Morgan fingerprint density at radius 1 is 0.554 bits per heavy atom. The van der Waals surface area contributed by atoms with E-state index >= 15 is 0 Å². The second-order valence-electron chi connectivity index (χ2n) is 25.3. The first-order valence-electron chi connectivity index (χ1n) is 25.7. The van der Waals surface area contributed by atoms with Crippen LogP contribution in [0.25, 0.3) is 44.8 Å². The molecule has 4 aromatic carbocycles. The lowest BCUT2D eigenvalue weighted by atomic mass is 9.40. The second-order valence-corrected chi connectivity index (χ2v) is 25.3. The zero-order chi connectivity index (χ0) is 44.4. The average molecular weight is 865 g/mol. The molecule has 0 amide bonds. The molecule has 65 heavy (non-hydrogen) atoms. The van der Waals surface area contributed by atoms with E-state index < -0.39 is 0 Å². The van der Waals surface area contributed by atoms with Gasteiger partial charge in [-0.1, -0.05) is 90.1 Å². The summed E-state index contributed by atoms with van der Waals surface area (Å²) in [5.74, 6) is 7.66. The summed E-state index contributed by atoms with van der Waals surface area (Å²) < 4.78 is 8.82. The summed E-state index contributed by atoms with van der Waals surface area (Å²) in [4.78, 5) is 15.2. The molecule has 4 nitrogen and oxygen atoms in total. The van der Waals surface area contributed by atoms with E-state index in [9.17, 15) is 0 Å². The molecule has 1 spiro atoms. The highest BCUT2D eigenvalue weighted by molar-refractivity contribution is 5.89. The van der Waals surface area contributed by atoms with E-state index in [1.54, 1.807) is 0 Å². The average Bonchev–Trinajstić information content (AvgIpc) is 3.42. The van der Waals surface area contributed by atoms with Crippen molar-refractivity contribution >= 4 is 0 Å². The lowest BCUT2D eigenvalue weighted by Gasteiger charge is -2.64. The third-order valence-electron chi connectivity index (χ3n) is 19.3. The van der Waals surface area contributed by atoms with Crippen LogP contribution in [0.2, 0.25) is 0 Å². The molecule has 10 bridgehead atoms. The van der Waals surface area contributed by atoms with Crippen LogP contribution in [0.5, 0.6) is 17.2 Å². The molecule has 1 aliphatic heterocycles. The lowest BCUT2D eigenvalue weighted by molar-refractivity contribution is -0.672. The molecule has 0 N–H and O–H groups in total. The maximum absolute atomic E-state index is 7.59. The van der Waals surface area contributed by atoms with Crippen LogP contribution >= 0.6 is 0 Å². The number of pyridine rings is 1. The number of benzene rings is 4. The minimum absolute atomic E-state index is 0.0627. The van der Waals surface area contributed by atoms with Crippen molar-refractivity contribution in [3.8, 4) is 62.0 Å². The van der Waals surface area contributed by atoms with Gasteiger partial charge in [0, 0.05) is 27.7 Å². The van der Waals surface area contributed by atoms with Crippen molar-refractivity contribution in [2.75, 3.05) is 7.11 Å². The fourth-order valence-electron chi connectivity index (χ4n) is 17.2. The summed E-state index contributed by atoms with van der Waals surface area (Å²) in [7, 11) is 1.82.